The van der Waals surface area contributed by atoms with E-state index < -0.39 is 0 Å². The molecule has 0 aromatic heterocycles. The standard InChI is InChI=1S/C21H31N5/c1-16(19-11-7-9-17-8-5-6-10-20(17)19)24-21(22-2)23-14-18-15-25(3)12-13-26(18)4/h5-11,16,18H,12-15H2,1-4H3,(H2,22,23,24). The lowest BCUT2D eigenvalue weighted by molar-refractivity contribution is 0.116. The second kappa shape index (κ2) is 8.52. The summed E-state index contributed by atoms with van der Waals surface area (Å²) in [7, 11) is 6.23. The maximum atomic E-state index is 4.42. The molecule has 1 heterocycles. The van der Waals surface area contributed by atoms with E-state index in [9.17, 15) is 0 Å². The zero-order chi connectivity index (χ0) is 18.5. The molecule has 0 amide bonds. The van der Waals surface area contributed by atoms with E-state index in [-0.39, 0.29) is 6.04 Å². The number of aliphatic imine (C=N–C) groups is 1. The van der Waals surface area contributed by atoms with Crippen LogP contribution in [-0.2, 0) is 0 Å². The topological polar surface area (TPSA) is 42.9 Å². The maximum Gasteiger partial charge on any atom is 0.191 e. The molecule has 0 aliphatic carbocycles. The third kappa shape index (κ3) is 4.34. The number of likely N-dealkylation sites (N-methyl/N-ethyl adjacent to an activating group) is 2. The first-order chi connectivity index (χ1) is 12.6. The molecule has 140 valence electrons. The minimum Gasteiger partial charge on any atom is -0.355 e. The summed E-state index contributed by atoms with van der Waals surface area (Å²) in [5.41, 5.74) is 1.29. The zero-order valence-electron chi connectivity index (χ0n) is 16.4. The number of benzene rings is 2. The van der Waals surface area contributed by atoms with Gasteiger partial charge >= 0.3 is 0 Å². The largest absolute Gasteiger partial charge is 0.355 e. The molecule has 2 unspecified atom stereocenters. The number of hydrogen-bond acceptors (Lipinski definition) is 3. The van der Waals surface area contributed by atoms with Gasteiger partial charge in [-0.3, -0.25) is 9.89 Å². The molecule has 5 nitrogen and oxygen atoms in total. The van der Waals surface area contributed by atoms with Gasteiger partial charge in [-0.15, -0.1) is 0 Å². The van der Waals surface area contributed by atoms with Gasteiger partial charge in [0.2, 0.25) is 0 Å². The van der Waals surface area contributed by atoms with Crippen LogP contribution < -0.4 is 10.6 Å². The van der Waals surface area contributed by atoms with Gasteiger partial charge in [0.15, 0.2) is 5.96 Å². The number of rotatable bonds is 4. The average molecular weight is 354 g/mol. The summed E-state index contributed by atoms with van der Waals surface area (Å²) in [6, 6.07) is 15.7. The number of guanidine groups is 1. The van der Waals surface area contributed by atoms with Crippen LogP contribution in [0.2, 0.25) is 0 Å². The fourth-order valence-corrected chi connectivity index (χ4v) is 3.64. The molecule has 1 aliphatic rings. The summed E-state index contributed by atoms with van der Waals surface area (Å²) in [5, 5.41) is 9.62. The summed E-state index contributed by atoms with van der Waals surface area (Å²) in [4.78, 5) is 9.24. The first-order valence-corrected chi connectivity index (χ1v) is 9.42. The smallest absolute Gasteiger partial charge is 0.191 e. The first kappa shape index (κ1) is 18.7. The Morgan fingerprint density at radius 2 is 1.92 bits per heavy atom. The average Bonchev–Trinajstić information content (AvgIpc) is 2.66. The van der Waals surface area contributed by atoms with E-state index in [1.807, 2.05) is 7.05 Å². The van der Waals surface area contributed by atoms with E-state index in [1.165, 1.54) is 16.3 Å². The molecule has 1 aliphatic heterocycles. The van der Waals surface area contributed by atoms with Crippen LogP contribution in [0.15, 0.2) is 47.5 Å². The summed E-state index contributed by atoms with van der Waals surface area (Å²) < 4.78 is 0. The van der Waals surface area contributed by atoms with Crippen LogP contribution in [0.5, 0.6) is 0 Å². The van der Waals surface area contributed by atoms with Crippen molar-refractivity contribution >= 4 is 16.7 Å². The third-order valence-electron chi connectivity index (χ3n) is 5.35. The van der Waals surface area contributed by atoms with Crippen LogP contribution in [-0.4, -0.2) is 69.1 Å². The fourth-order valence-electron chi connectivity index (χ4n) is 3.64. The van der Waals surface area contributed by atoms with Gasteiger partial charge in [-0.25, -0.2) is 0 Å². The Bertz CT molecular complexity index is 752. The SMILES string of the molecule is CN=C(NCC1CN(C)CCN1C)NC(C)c1cccc2ccccc12. The van der Waals surface area contributed by atoms with Crippen molar-refractivity contribution in [3.05, 3.63) is 48.0 Å². The lowest BCUT2D eigenvalue weighted by Gasteiger charge is -2.38. The number of hydrogen-bond donors (Lipinski definition) is 2. The lowest BCUT2D eigenvalue weighted by atomic mass is 10.00. The highest BCUT2D eigenvalue weighted by molar-refractivity contribution is 5.87. The quantitative estimate of drug-likeness (QED) is 0.654. The van der Waals surface area contributed by atoms with Crippen LogP contribution >= 0.6 is 0 Å². The Hall–Kier alpha value is -2.11. The van der Waals surface area contributed by atoms with Crippen molar-refractivity contribution in [2.45, 2.75) is 19.0 Å². The third-order valence-corrected chi connectivity index (χ3v) is 5.35. The van der Waals surface area contributed by atoms with Crippen molar-refractivity contribution in [2.75, 3.05) is 47.3 Å². The van der Waals surface area contributed by atoms with Gasteiger partial charge in [0, 0.05) is 39.3 Å². The predicted molar refractivity (Wildman–Crippen MR) is 111 cm³/mol. The molecule has 5 heteroatoms. The van der Waals surface area contributed by atoms with E-state index in [0.717, 1.165) is 32.1 Å². The molecule has 0 saturated carbocycles. The molecule has 0 spiro atoms. The van der Waals surface area contributed by atoms with Crippen LogP contribution in [0.25, 0.3) is 10.8 Å². The summed E-state index contributed by atoms with van der Waals surface area (Å²) in [5.74, 6) is 0.854. The van der Waals surface area contributed by atoms with Crippen molar-refractivity contribution in [3.8, 4) is 0 Å². The van der Waals surface area contributed by atoms with Crippen LogP contribution in [0.3, 0.4) is 0 Å². The number of fused-ring (bicyclic) bond motifs is 1. The maximum absolute atomic E-state index is 4.42. The van der Waals surface area contributed by atoms with Crippen LogP contribution in [0, 0.1) is 0 Å². The Labute approximate surface area is 157 Å². The van der Waals surface area contributed by atoms with Gasteiger partial charge in [0.1, 0.15) is 0 Å². The normalized spacial score (nSPS) is 20.9. The highest BCUT2D eigenvalue weighted by Gasteiger charge is 2.22. The Balaban J connectivity index is 1.64. The first-order valence-electron chi connectivity index (χ1n) is 9.42. The van der Waals surface area contributed by atoms with Gasteiger partial charge in [-0.2, -0.15) is 0 Å². The van der Waals surface area contributed by atoms with Crippen molar-refractivity contribution in [1.82, 2.24) is 20.4 Å². The molecule has 2 N–H and O–H groups in total. The van der Waals surface area contributed by atoms with Gasteiger partial charge in [-0.05, 0) is 37.4 Å². The number of piperazine rings is 1. The Morgan fingerprint density at radius 3 is 2.73 bits per heavy atom. The highest BCUT2D eigenvalue weighted by Crippen LogP contribution is 2.23. The molecular formula is C21H31N5. The summed E-state index contributed by atoms with van der Waals surface area (Å²) in [6.07, 6.45) is 0. The second-order valence-corrected chi connectivity index (χ2v) is 7.28. The van der Waals surface area contributed by atoms with Crippen LogP contribution in [0.4, 0.5) is 0 Å². The monoisotopic (exact) mass is 353 g/mol. The molecule has 26 heavy (non-hydrogen) atoms. The number of nitrogens with zero attached hydrogens (tertiary/aromatic N) is 3. The molecule has 0 radical (unpaired) electrons. The lowest BCUT2D eigenvalue weighted by Crippen LogP contribution is -2.55. The second-order valence-electron chi connectivity index (χ2n) is 7.28. The van der Waals surface area contributed by atoms with Gasteiger partial charge < -0.3 is 15.5 Å². The van der Waals surface area contributed by atoms with Gasteiger partial charge in [0.05, 0.1) is 6.04 Å². The van der Waals surface area contributed by atoms with E-state index in [0.29, 0.717) is 6.04 Å². The minimum absolute atomic E-state index is 0.180. The summed E-state index contributed by atoms with van der Waals surface area (Å²) in [6.45, 7) is 6.41. The highest BCUT2D eigenvalue weighted by atomic mass is 15.3. The van der Waals surface area contributed by atoms with E-state index in [4.69, 9.17) is 0 Å². The van der Waals surface area contributed by atoms with E-state index in [2.05, 4.69) is 88.9 Å². The van der Waals surface area contributed by atoms with E-state index in [1.54, 1.807) is 0 Å². The van der Waals surface area contributed by atoms with Crippen molar-refractivity contribution in [1.29, 1.82) is 0 Å². The van der Waals surface area contributed by atoms with Crippen LogP contribution in [0.1, 0.15) is 18.5 Å². The molecule has 0 bridgehead atoms. The Kier molecular flexibility index (Phi) is 6.12. The minimum atomic E-state index is 0.180. The zero-order valence-corrected chi connectivity index (χ0v) is 16.4. The van der Waals surface area contributed by atoms with Crippen molar-refractivity contribution in [3.63, 3.8) is 0 Å². The number of nitrogens with one attached hydrogen (secondary N) is 2. The molecule has 1 saturated heterocycles. The van der Waals surface area contributed by atoms with E-state index >= 15 is 0 Å². The molecule has 2 aromatic rings. The van der Waals surface area contributed by atoms with Gasteiger partial charge in [0.25, 0.3) is 0 Å². The van der Waals surface area contributed by atoms with Gasteiger partial charge in [-0.1, -0.05) is 42.5 Å². The van der Waals surface area contributed by atoms with Crippen molar-refractivity contribution in [2.24, 2.45) is 4.99 Å². The molecule has 2 atom stereocenters. The van der Waals surface area contributed by atoms with Crippen molar-refractivity contribution < 1.29 is 0 Å². The molecular weight excluding hydrogens is 322 g/mol. The predicted octanol–water partition coefficient (Wildman–Crippen LogP) is 2.31. The Morgan fingerprint density at radius 1 is 1.15 bits per heavy atom. The fraction of sp³-hybridized carbons (Fsp3) is 0.476. The molecule has 2 aromatic carbocycles. The molecule has 3 rings (SSSR count). The summed E-state index contributed by atoms with van der Waals surface area (Å²) >= 11 is 0. The molecule has 1 fully saturated rings.